The van der Waals surface area contributed by atoms with Gasteiger partial charge in [-0.05, 0) is 13.8 Å². The Morgan fingerprint density at radius 1 is 1.67 bits per heavy atom. The molecule has 1 aromatic heterocycles. The summed E-state index contributed by atoms with van der Waals surface area (Å²) < 4.78 is 5.10. The van der Waals surface area contributed by atoms with E-state index in [1.807, 2.05) is 13.8 Å². The van der Waals surface area contributed by atoms with Crippen LogP contribution in [-0.2, 0) is 5.41 Å². The summed E-state index contributed by atoms with van der Waals surface area (Å²) in [5.74, 6) is 2.80. The van der Waals surface area contributed by atoms with Gasteiger partial charge in [-0.2, -0.15) is 0 Å². The van der Waals surface area contributed by atoms with Crippen LogP contribution in [-0.4, -0.2) is 41.0 Å². The van der Waals surface area contributed by atoms with Crippen LogP contribution >= 0.6 is 0 Å². The molecule has 1 aliphatic heterocycles. The second-order valence-electron chi connectivity index (χ2n) is 4.83. The van der Waals surface area contributed by atoms with Gasteiger partial charge in [0.25, 0.3) is 0 Å². The summed E-state index contributed by atoms with van der Waals surface area (Å²) in [5, 5.41) is 13.6. The fourth-order valence-electron chi connectivity index (χ4n) is 1.70. The van der Waals surface area contributed by atoms with E-state index in [9.17, 15) is 9.90 Å². The molecule has 18 heavy (non-hydrogen) atoms. The molecule has 2 amide bonds. The number of hydrogen-bond acceptors (Lipinski definition) is 4. The van der Waals surface area contributed by atoms with Crippen LogP contribution in [0.1, 0.15) is 19.5 Å². The largest absolute Gasteiger partial charge is 0.371 e. The van der Waals surface area contributed by atoms with Crippen molar-refractivity contribution in [3.05, 3.63) is 11.8 Å². The maximum absolute atomic E-state index is 11.8. The molecule has 2 heterocycles. The number of carbonyl (C=O) groups excluding carboxylic acids is 1. The summed E-state index contributed by atoms with van der Waals surface area (Å²) in [4.78, 5) is 14.4. The van der Waals surface area contributed by atoms with Gasteiger partial charge in [-0.15, -0.1) is 6.42 Å². The van der Waals surface area contributed by atoms with Crippen LogP contribution < -0.4 is 4.90 Å². The second-order valence-corrected chi connectivity index (χ2v) is 4.83. The van der Waals surface area contributed by atoms with Crippen molar-refractivity contribution in [2.75, 3.05) is 18.5 Å². The number of β-amino-alcohol motifs (C(OH)–C–C–N with tert-alkyl or cyclic N) is 1. The smallest absolute Gasteiger partial charge is 0.329 e. The van der Waals surface area contributed by atoms with Crippen molar-refractivity contribution in [3.63, 3.8) is 0 Å². The van der Waals surface area contributed by atoms with Crippen molar-refractivity contribution in [1.82, 2.24) is 10.1 Å². The number of rotatable bonds is 2. The third kappa shape index (κ3) is 1.83. The van der Waals surface area contributed by atoms with Crippen LogP contribution in [0.15, 0.2) is 10.6 Å². The van der Waals surface area contributed by atoms with Crippen molar-refractivity contribution in [2.45, 2.75) is 25.5 Å². The maximum Gasteiger partial charge on any atom is 0.329 e. The highest BCUT2D eigenvalue weighted by molar-refractivity contribution is 5.93. The van der Waals surface area contributed by atoms with Gasteiger partial charge in [0, 0.05) is 13.1 Å². The average Bonchev–Trinajstić information content (AvgIpc) is 2.86. The van der Waals surface area contributed by atoms with Crippen molar-refractivity contribution in [3.8, 4) is 12.3 Å². The van der Waals surface area contributed by atoms with E-state index in [2.05, 4.69) is 11.1 Å². The fraction of sp³-hybridized carbons (Fsp3) is 0.500. The number of aromatic nitrogens is 1. The fourth-order valence-corrected chi connectivity index (χ4v) is 1.70. The molecule has 1 aliphatic rings. The lowest BCUT2D eigenvalue weighted by Crippen LogP contribution is -2.33. The molecule has 6 heteroatoms. The highest BCUT2D eigenvalue weighted by Gasteiger charge is 2.38. The van der Waals surface area contributed by atoms with Gasteiger partial charge in [0.05, 0.1) is 12.0 Å². The lowest BCUT2D eigenvalue weighted by Gasteiger charge is -2.14. The third-order valence-electron chi connectivity index (χ3n) is 3.00. The number of nitrogens with zero attached hydrogens (tertiary/aromatic N) is 3. The van der Waals surface area contributed by atoms with E-state index in [4.69, 9.17) is 10.9 Å². The first kappa shape index (κ1) is 12.5. The van der Waals surface area contributed by atoms with E-state index in [1.165, 1.54) is 4.90 Å². The van der Waals surface area contributed by atoms with Gasteiger partial charge in [-0.3, -0.25) is 0 Å². The monoisotopic (exact) mass is 249 g/mol. The van der Waals surface area contributed by atoms with Crippen LogP contribution in [0.4, 0.5) is 10.7 Å². The molecule has 1 fully saturated rings. The molecule has 1 saturated heterocycles. The number of hydrogen-bond donors (Lipinski definition) is 1. The number of terminal acetylenes is 1. The molecule has 0 spiro atoms. The van der Waals surface area contributed by atoms with Gasteiger partial charge >= 0.3 is 6.03 Å². The summed E-state index contributed by atoms with van der Waals surface area (Å²) in [6, 6.07) is 1.25. The van der Waals surface area contributed by atoms with Crippen molar-refractivity contribution in [1.29, 1.82) is 0 Å². The van der Waals surface area contributed by atoms with Crippen LogP contribution in [0.2, 0.25) is 0 Å². The normalized spacial score (nSPS) is 20.4. The SMILES string of the molecule is C#CC(C)(C)c1cc(N2C(=O)N(C)CC2O)on1. The van der Waals surface area contributed by atoms with E-state index < -0.39 is 11.6 Å². The number of likely N-dealkylation sites (N-methyl/N-ethyl adjacent to an activating group) is 1. The van der Waals surface area contributed by atoms with Gasteiger partial charge in [0.2, 0.25) is 5.88 Å². The van der Waals surface area contributed by atoms with Gasteiger partial charge in [-0.25, -0.2) is 9.69 Å². The molecule has 1 aromatic rings. The Labute approximate surface area is 105 Å². The van der Waals surface area contributed by atoms with Gasteiger partial charge < -0.3 is 14.5 Å². The molecular formula is C12H15N3O3. The number of aliphatic hydroxyl groups excluding tert-OH is 1. The van der Waals surface area contributed by atoms with E-state index in [-0.39, 0.29) is 18.5 Å². The highest BCUT2D eigenvalue weighted by Crippen LogP contribution is 2.28. The quantitative estimate of drug-likeness (QED) is 0.786. The molecular weight excluding hydrogens is 234 g/mol. The van der Waals surface area contributed by atoms with Gasteiger partial charge in [-0.1, -0.05) is 11.1 Å². The van der Waals surface area contributed by atoms with Crippen LogP contribution in [0.3, 0.4) is 0 Å². The molecule has 96 valence electrons. The first-order valence-electron chi connectivity index (χ1n) is 5.54. The average molecular weight is 249 g/mol. The zero-order chi connectivity index (χ0) is 13.5. The Kier molecular flexibility index (Phi) is 2.79. The van der Waals surface area contributed by atoms with E-state index in [0.29, 0.717) is 5.69 Å². The number of amides is 2. The Morgan fingerprint density at radius 2 is 2.33 bits per heavy atom. The molecule has 2 rings (SSSR count). The zero-order valence-electron chi connectivity index (χ0n) is 10.5. The van der Waals surface area contributed by atoms with Crippen LogP contribution in [0.5, 0.6) is 0 Å². The molecule has 0 radical (unpaired) electrons. The number of urea groups is 1. The Bertz CT molecular complexity index is 515. The van der Waals surface area contributed by atoms with Crippen molar-refractivity contribution in [2.24, 2.45) is 0 Å². The minimum Gasteiger partial charge on any atom is -0.371 e. The van der Waals surface area contributed by atoms with Crippen molar-refractivity contribution < 1.29 is 14.4 Å². The summed E-state index contributed by atoms with van der Waals surface area (Å²) in [5.41, 5.74) is -0.0315. The molecule has 1 atom stereocenters. The minimum absolute atomic E-state index is 0.204. The Hall–Kier alpha value is -2.00. The van der Waals surface area contributed by atoms with Crippen LogP contribution in [0, 0.1) is 12.3 Å². The molecule has 0 aromatic carbocycles. The molecule has 0 saturated carbocycles. The summed E-state index contributed by atoms with van der Waals surface area (Å²) in [7, 11) is 1.61. The Morgan fingerprint density at radius 3 is 2.83 bits per heavy atom. The van der Waals surface area contributed by atoms with Crippen LogP contribution in [0.25, 0.3) is 0 Å². The third-order valence-corrected chi connectivity index (χ3v) is 3.00. The molecule has 0 bridgehead atoms. The predicted octanol–water partition coefficient (Wildman–Crippen LogP) is 0.776. The lowest BCUT2D eigenvalue weighted by atomic mass is 9.91. The lowest BCUT2D eigenvalue weighted by molar-refractivity contribution is 0.179. The summed E-state index contributed by atoms with van der Waals surface area (Å²) >= 11 is 0. The maximum atomic E-state index is 11.8. The van der Waals surface area contributed by atoms with E-state index in [0.717, 1.165) is 4.90 Å². The molecule has 1 N–H and O–H groups in total. The number of carbonyl (C=O) groups is 1. The van der Waals surface area contributed by atoms with E-state index in [1.54, 1.807) is 13.1 Å². The first-order chi connectivity index (χ1) is 8.36. The zero-order valence-corrected chi connectivity index (χ0v) is 10.5. The van der Waals surface area contributed by atoms with Crippen molar-refractivity contribution >= 4 is 11.9 Å². The predicted molar refractivity (Wildman–Crippen MR) is 64.9 cm³/mol. The van der Waals surface area contributed by atoms with E-state index >= 15 is 0 Å². The molecule has 1 unspecified atom stereocenters. The standard InChI is InChI=1S/C12H15N3O3/c1-5-12(2,3)8-6-10(18-13-8)15-9(16)7-14(4)11(15)17/h1,6,9,16H,7H2,2-4H3. The minimum atomic E-state index is -0.933. The Balaban J connectivity index is 2.32. The summed E-state index contributed by atoms with van der Waals surface area (Å²) in [6.45, 7) is 3.87. The topological polar surface area (TPSA) is 69.8 Å². The first-order valence-corrected chi connectivity index (χ1v) is 5.54. The second kappa shape index (κ2) is 4.03. The molecule has 0 aliphatic carbocycles. The number of anilines is 1. The number of aliphatic hydroxyl groups is 1. The highest BCUT2D eigenvalue weighted by atomic mass is 16.5. The van der Waals surface area contributed by atoms with Gasteiger partial charge in [0.15, 0.2) is 6.23 Å². The molecule has 6 nitrogen and oxygen atoms in total. The van der Waals surface area contributed by atoms with Gasteiger partial charge in [0.1, 0.15) is 5.69 Å². The summed E-state index contributed by atoms with van der Waals surface area (Å²) in [6.07, 6.45) is 4.47.